The van der Waals surface area contributed by atoms with Crippen molar-refractivity contribution in [3.63, 3.8) is 0 Å². The molecule has 0 saturated carbocycles. The van der Waals surface area contributed by atoms with Gasteiger partial charge in [-0.25, -0.2) is 13.8 Å². The summed E-state index contributed by atoms with van der Waals surface area (Å²) in [7, 11) is 3.94. The van der Waals surface area contributed by atoms with Crippen LogP contribution in [0.25, 0.3) is 11.1 Å². The average Bonchev–Trinajstić information content (AvgIpc) is 2.96. The zero-order valence-corrected chi connectivity index (χ0v) is 14.3. The molecule has 6 nitrogen and oxygen atoms in total. The van der Waals surface area contributed by atoms with Crippen LogP contribution in [0.1, 0.15) is 11.3 Å². The van der Waals surface area contributed by atoms with Gasteiger partial charge in [0.2, 0.25) is 0 Å². The summed E-state index contributed by atoms with van der Waals surface area (Å²) in [6.07, 6.45) is 1.41. The van der Waals surface area contributed by atoms with E-state index in [1.165, 1.54) is 12.4 Å². The lowest BCUT2D eigenvalue weighted by Crippen LogP contribution is -2.32. The smallest absolute Gasteiger partial charge is 0.263 e. The molecule has 2 heterocycles. The van der Waals surface area contributed by atoms with Crippen LogP contribution in [0.3, 0.4) is 0 Å². The van der Waals surface area contributed by atoms with Crippen molar-refractivity contribution in [2.24, 2.45) is 0 Å². The fourth-order valence-corrected chi connectivity index (χ4v) is 2.58. The number of nitrogens with zero attached hydrogens (tertiary/aromatic N) is 5. The Morgan fingerprint density at radius 3 is 2.60 bits per heavy atom. The number of hydrogen-bond acceptors (Lipinski definition) is 6. The molecule has 0 aliphatic heterocycles. The maximum absolute atomic E-state index is 13.6. The number of aryl methyl sites for hydroxylation is 1. The molecular formula is C17H19F2N5O. The van der Waals surface area contributed by atoms with Crippen LogP contribution in [-0.2, 0) is 6.54 Å². The molecule has 25 heavy (non-hydrogen) atoms. The Morgan fingerprint density at radius 1 is 1.08 bits per heavy atom. The van der Waals surface area contributed by atoms with Crippen molar-refractivity contribution in [1.29, 1.82) is 0 Å². The van der Waals surface area contributed by atoms with Crippen LogP contribution in [0.5, 0.6) is 0 Å². The highest BCUT2D eigenvalue weighted by atomic mass is 19.2. The fraction of sp³-hybridized carbons (Fsp3) is 0.353. The van der Waals surface area contributed by atoms with Gasteiger partial charge in [0, 0.05) is 19.6 Å². The van der Waals surface area contributed by atoms with Gasteiger partial charge >= 0.3 is 0 Å². The predicted octanol–water partition coefficient (Wildman–Crippen LogP) is 2.77. The van der Waals surface area contributed by atoms with E-state index >= 15 is 0 Å². The van der Waals surface area contributed by atoms with Crippen molar-refractivity contribution < 1.29 is 13.3 Å². The first kappa shape index (κ1) is 17.2. The summed E-state index contributed by atoms with van der Waals surface area (Å²) in [5.41, 5.74) is 1.74. The standard InChI is InChI=1S/C17H19F2N5O/c1-11-15-16(20-10-21-17(15)25-22-11)24(7-6-23(2)3)9-12-4-5-13(18)14(19)8-12/h4-5,8,10H,6-7,9H2,1-3H3. The van der Waals surface area contributed by atoms with Gasteiger partial charge in [-0.1, -0.05) is 11.2 Å². The lowest BCUT2D eigenvalue weighted by atomic mass is 10.2. The van der Waals surface area contributed by atoms with Gasteiger partial charge in [0.15, 0.2) is 11.6 Å². The number of hydrogen-bond donors (Lipinski definition) is 0. The van der Waals surface area contributed by atoms with Gasteiger partial charge in [0.05, 0.1) is 5.69 Å². The van der Waals surface area contributed by atoms with Crippen LogP contribution in [-0.4, -0.2) is 47.2 Å². The molecule has 0 spiro atoms. The topological polar surface area (TPSA) is 58.3 Å². The molecule has 0 saturated heterocycles. The number of aromatic nitrogens is 3. The summed E-state index contributed by atoms with van der Waals surface area (Å²) in [5, 5.41) is 4.67. The second-order valence-corrected chi connectivity index (χ2v) is 6.12. The van der Waals surface area contributed by atoms with Crippen LogP contribution >= 0.6 is 0 Å². The zero-order chi connectivity index (χ0) is 18.0. The van der Waals surface area contributed by atoms with Gasteiger partial charge in [0.1, 0.15) is 17.5 Å². The lowest BCUT2D eigenvalue weighted by Gasteiger charge is -2.26. The van der Waals surface area contributed by atoms with Crippen molar-refractivity contribution in [3.8, 4) is 0 Å². The molecule has 132 valence electrons. The van der Waals surface area contributed by atoms with E-state index in [4.69, 9.17) is 4.52 Å². The first-order valence-corrected chi connectivity index (χ1v) is 7.86. The zero-order valence-electron chi connectivity index (χ0n) is 14.3. The SMILES string of the molecule is Cc1noc2ncnc(N(CCN(C)C)Cc3ccc(F)c(F)c3)c12. The Balaban J connectivity index is 1.98. The Hall–Kier alpha value is -2.61. The highest BCUT2D eigenvalue weighted by Crippen LogP contribution is 2.27. The van der Waals surface area contributed by atoms with E-state index in [-0.39, 0.29) is 0 Å². The van der Waals surface area contributed by atoms with E-state index in [2.05, 4.69) is 15.1 Å². The summed E-state index contributed by atoms with van der Waals surface area (Å²) in [4.78, 5) is 12.5. The quantitative estimate of drug-likeness (QED) is 0.683. The van der Waals surface area contributed by atoms with E-state index in [1.54, 1.807) is 6.07 Å². The van der Waals surface area contributed by atoms with Gasteiger partial charge in [-0.3, -0.25) is 0 Å². The van der Waals surface area contributed by atoms with Crippen LogP contribution in [0.15, 0.2) is 29.0 Å². The molecule has 0 aliphatic carbocycles. The Kier molecular flexibility index (Phi) is 4.89. The fourth-order valence-electron chi connectivity index (χ4n) is 2.58. The number of fused-ring (bicyclic) bond motifs is 1. The molecule has 0 N–H and O–H groups in total. The van der Waals surface area contributed by atoms with Crippen molar-refractivity contribution in [2.45, 2.75) is 13.5 Å². The van der Waals surface area contributed by atoms with Crippen LogP contribution in [0.2, 0.25) is 0 Å². The lowest BCUT2D eigenvalue weighted by molar-refractivity contribution is 0.412. The molecule has 0 bridgehead atoms. The van der Waals surface area contributed by atoms with E-state index in [0.29, 0.717) is 35.9 Å². The third-order valence-corrected chi connectivity index (χ3v) is 3.90. The number of rotatable bonds is 6. The second-order valence-electron chi connectivity index (χ2n) is 6.12. The van der Waals surface area contributed by atoms with Gasteiger partial charge in [-0.2, -0.15) is 4.98 Å². The third kappa shape index (κ3) is 3.74. The minimum absolute atomic E-state index is 0.377. The molecule has 0 radical (unpaired) electrons. The largest absolute Gasteiger partial charge is 0.350 e. The summed E-state index contributed by atoms with van der Waals surface area (Å²) >= 11 is 0. The van der Waals surface area contributed by atoms with E-state index in [9.17, 15) is 8.78 Å². The summed E-state index contributed by atoms with van der Waals surface area (Å²) in [5.74, 6) is -1.06. The molecule has 0 aliphatic rings. The van der Waals surface area contributed by atoms with Crippen LogP contribution in [0, 0.1) is 18.6 Å². The number of likely N-dealkylation sites (N-methyl/N-ethyl adjacent to an activating group) is 1. The van der Waals surface area contributed by atoms with Gasteiger partial charge in [-0.05, 0) is 38.7 Å². The Morgan fingerprint density at radius 2 is 1.88 bits per heavy atom. The monoisotopic (exact) mass is 347 g/mol. The van der Waals surface area contributed by atoms with Crippen LogP contribution < -0.4 is 4.90 Å². The molecule has 0 fully saturated rings. The number of anilines is 1. The van der Waals surface area contributed by atoms with Crippen molar-refractivity contribution in [2.75, 3.05) is 32.1 Å². The van der Waals surface area contributed by atoms with E-state index in [0.717, 1.165) is 18.0 Å². The van der Waals surface area contributed by atoms with Crippen molar-refractivity contribution >= 4 is 16.9 Å². The molecule has 2 aromatic heterocycles. The molecule has 3 aromatic rings. The minimum Gasteiger partial charge on any atom is -0.350 e. The first-order valence-electron chi connectivity index (χ1n) is 7.86. The summed E-state index contributed by atoms with van der Waals surface area (Å²) in [6.45, 7) is 3.60. The second kappa shape index (κ2) is 7.10. The third-order valence-electron chi connectivity index (χ3n) is 3.90. The number of benzene rings is 1. The normalized spacial score (nSPS) is 11.4. The maximum Gasteiger partial charge on any atom is 0.263 e. The van der Waals surface area contributed by atoms with Gasteiger partial charge < -0.3 is 14.3 Å². The van der Waals surface area contributed by atoms with Crippen molar-refractivity contribution in [1.82, 2.24) is 20.0 Å². The Labute approximate surface area is 144 Å². The van der Waals surface area contributed by atoms with E-state index < -0.39 is 11.6 Å². The molecular weight excluding hydrogens is 328 g/mol. The number of halogens is 2. The minimum atomic E-state index is -0.862. The van der Waals surface area contributed by atoms with E-state index in [1.807, 2.05) is 30.8 Å². The Bertz CT molecular complexity index is 881. The summed E-state index contributed by atoms with van der Waals surface area (Å²) in [6, 6.07) is 3.91. The van der Waals surface area contributed by atoms with Crippen molar-refractivity contribution in [3.05, 3.63) is 47.4 Å². The van der Waals surface area contributed by atoms with Crippen LogP contribution in [0.4, 0.5) is 14.6 Å². The molecule has 0 amide bonds. The highest BCUT2D eigenvalue weighted by Gasteiger charge is 2.18. The van der Waals surface area contributed by atoms with Gasteiger partial charge in [-0.15, -0.1) is 0 Å². The molecule has 1 aromatic carbocycles. The first-order chi connectivity index (χ1) is 12.0. The average molecular weight is 347 g/mol. The molecule has 0 unspecified atom stereocenters. The maximum atomic E-state index is 13.6. The molecule has 3 rings (SSSR count). The highest BCUT2D eigenvalue weighted by molar-refractivity contribution is 5.87. The molecule has 8 heteroatoms. The molecule has 0 atom stereocenters. The summed E-state index contributed by atoms with van der Waals surface area (Å²) < 4.78 is 32.0. The van der Waals surface area contributed by atoms with Gasteiger partial charge in [0.25, 0.3) is 5.71 Å². The predicted molar refractivity (Wildman–Crippen MR) is 90.3 cm³/mol.